The minimum absolute atomic E-state index is 0.146. The number of unbranched alkanes of at least 4 members (excludes halogenated alkanes) is 7. The lowest BCUT2D eigenvalue weighted by Gasteiger charge is -2.06. The lowest BCUT2D eigenvalue weighted by Crippen LogP contribution is -2.25. The van der Waals surface area contributed by atoms with E-state index in [1.54, 1.807) is 12.3 Å². The molecule has 0 saturated heterocycles. The van der Waals surface area contributed by atoms with Crippen molar-refractivity contribution < 1.29 is 9.90 Å². The Kier molecular flexibility index (Phi) is 7.70. The number of carboxylic acids is 1. The van der Waals surface area contributed by atoms with E-state index < -0.39 is 11.5 Å². The van der Waals surface area contributed by atoms with Crippen molar-refractivity contribution in [3.05, 3.63) is 34.2 Å². The Bertz CT molecular complexity index is 465. The highest BCUT2D eigenvalue weighted by molar-refractivity contribution is 5.86. The molecule has 1 aromatic rings. The maximum Gasteiger partial charge on any atom is 0.341 e. The van der Waals surface area contributed by atoms with E-state index in [0.29, 0.717) is 6.54 Å². The van der Waals surface area contributed by atoms with E-state index in [0.717, 1.165) is 12.8 Å². The number of hydrogen-bond donors (Lipinski definition) is 1. The van der Waals surface area contributed by atoms with Crippen molar-refractivity contribution in [1.29, 1.82) is 0 Å². The Labute approximate surface area is 120 Å². The van der Waals surface area contributed by atoms with Gasteiger partial charge in [0, 0.05) is 12.7 Å². The predicted octanol–water partition coefficient (Wildman–Crippen LogP) is 3.69. The average molecular weight is 279 g/mol. The standard InChI is InChI=1S/C16H25NO3/c1-2-3-4-5-6-7-8-9-12-17-13-10-11-14(15(17)18)16(19)20/h10-11,13H,2-9,12H2,1H3,(H,19,20). The molecular weight excluding hydrogens is 254 g/mol. The van der Waals surface area contributed by atoms with Gasteiger partial charge in [-0.3, -0.25) is 4.79 Å². The number of hydrogen-bond acceptors (Lipinski definition) is 2. The molecule has 1 aromatic heterocycles. The van der Waals surface area contributed by atoms with Crippen molar-refractivity contribution in [3.63, 3.8) is 0 Å². The summed E-state index contributed by atoms with van der Waals surface area (Å²) in [5.74, 6) is -1.15. The van der Waals surface area contributed by atoms with Crippen molar-refractivity contribution in [1.82, 2.24) is 4.57 Å². The number of nitrogens with zero attached hydrogens (tertiary/aromatic N) is 1. The molecule has 1 rings (SSSR count). The molecule has 0 amide bonds. The zero-order valence-electron chi connectivity index (χ0n) is 12.3. The Hall–Kier alpha value is -1.58. The largest absolute Gasteiger partial charge is 0.477 e. The maximum absolute atomic E-state index is 11.8. The number of aromatic nitrogens is 1. The van der Waals surface area contributed by atoms with Crippen LogP contribution in [0.5, 0.6) is 0 Å². The van der Waals surface area contributed by atoms with Crippen molar-refractivity contribution in [2.45, 2.75) is 64.8 Å². The summed E-state index contributed by atoms with van der Waals surface area (Å²) in [6.45, 7) is 2.82. The molecule has 20 heavy (non-hydrogen) atoms. The molecule has 0 bridgehead atoms. The molecule has 0 aromatic carbocycles. The van der Waals surface area contributed by atoms with Crippen molar-refractivity contribution in [2.24, 2.45) is 0 Å². The summed E-state index contributed by atoms with van der Waals surface area (Å²) < 4.78 is 1.50. The molecule has 0 atom stereocenters. The smallest absolute Gasteiger partial charge is 0.341 e. The van der Waals surface area contributed by atoms with Gasteiger partial charge in [0.2, 0.25) is 0 Å². The van der Waals surface area contributed by atoms with Crippen LogP contribution in [-0.4, -0.2) is 15.6 Å². The van der Waals surface area contributed by atoms with Gasteiger partial charge in [0.25, 0.3) is 5.56 Å². The quantitative estimate of drug-likeness (QED) is 0.664. The van der Waals surface area contributed by atoms with Crippen LogP contribution in [-0.2, 0) is 6.54 Å². The second kappa shape index (κ2) is 9.34. The van der Waals surface area contributed by atoms with Crippen LogP contribution >= 0.6 is 0 Å². The first-order valence-electron chi connectivity index (χ1n) is 7.59. The van der Waals surface area contributed by atoms with E-state index in [9.17, 15) is 9.59 Å². The third-order valence-electron chi connectivity index (χ3n) is 3.50. The molecule has 0 radical (unpaired) electrons. The Balaban J connectivity index is 2.27. The first-order valence-corrected chi connectivity index (χ1v) is 7.59. The predicted molar refractivity (Wildman–Crippen MR) is 80.3 cm³/mol. The van der Waals surface area contributed by atoms with Crippen molar-refractivity contribution in [3.8, 4) is 0 Å². The second-order valence-electron chi connectivity index (χ2n) is 5.20. The van der Waals surface area contributed by atoms with E-state index in [1.807, 2.05) is 0 Å². The summed E-state index contributed by atoms with van der Waals surface area (Å²) in [6.07, 6.45) is 11.3. The second-order valence-corrected chi connectivity index (χ2v) is 5.20. The number of carbonyl (C=O) groups is 1. The van der Waals surface area contributed by atoms with Crippen LogP contribution in [0, 0.1) is 0 Å². The van der Waals surface area contributed by atoms with E-state index in [-0.39, 0.29) is 5.56 Å². The van der Waals surface area contributed by atoms with E-state index in [2.05, 4.69) is 6.92 Å². The van der Waals surface area contributed by atoms with E-state index in [4.69, 9.17) is 5.11 Å². The molecule has 0 aliphatic rings. The molecule has 4 heteroatoms. The Morgan fingerprint density at radius 3 is 2.30 bits per heavy atom. The number of aryl methyl sites for hydroxylation is 1. The van der Waals surface area contributed by atoms with Gasteiger partial charge in [0.05, 0.1) is 0 Å². The molecular formula is C16H25NO3. The zero-order valence-corrected chi connectivity index (χ0v) is 12.3. The molecule has 112 valence electrons. The number of carboxylic acid groups (broad SMARTS) is 1. The van der Waals surface area contributed by atoms with Crippen molar-refractivity contribution in [2.75, 3.05) is 0 Å². The van der Waals surface area contributed by atoms with Crippen LogP contribution in [0.1, 0.15) is 68.6 Å². The van der Waals surface area contributed by atoms with Crippen LogP contribution < -0.4 is 5.56 Å². The fraction of sp³-hybridized carbons (Fsp3) is 0.625. The highest BCUT2D eigenvalue weighted by Crippen LogP contribution is 2.08. The lowest BCUT2D eigenvalue weighted by atomic mass is 10.1. The third-order valence-corrected chi connectivity index (χ3v) is 3.50. The SMILES string of the molecule is CCCCCCCCCCn1cccc(C(=O)O)c1=O. The van der Waals surface area contributed by atoms with Crippen LogP contribution in [0.25, 0.3) is 0 Å². The normalized spacial score (nSPS) is 10.7. The van der Waals surface area contributed by atoms with Gasteiger partial charge in [0.15, 0.2) is 0 Å². The molecule has 1 heterocycles. The van der Waals surface area contributed by atoms with Gasteiger partial charge in [0.1, 0.15) is 5.56 Å². The average Bonchev–Trinajstić information content (AvgIpc) is 2.43. The summed E-state index contributed by atoms with van der Waals surface area (Å²) in [6, 6.07) is 2.98. The van der Waals surface area contributed by atoms with Crippen LogP contribution in [0.4, 0.5) is 0 Å². The molecule has 0 spiro atoms. The summed E-state index contributed by atoms with van der Waals surface area (Å²) in [7, 11) is 0. The number of rotatable bonds is 10. The summed E-state index contributed by atoms with van der Waals surface area (Å²) in [4.78, 5) is 22.7. The minimum Gasteiger partial charge on any atom is -0.477 e. The molecule has 0 aliphatic heterocycles. The van der Waals surface area contributed by atoms with Crippen molar-refractivity contribution >= 4 is 5.97 Å². The van der Waals surface area contributed by atoms with Gasteiger partial charge in [-0.15, -0.1) is 0 Å². The first-order chi connectivity index (χ1) is 9.66. The van der Waals surface area contributed by atoms with Crippen LogP contribution in [0.2, 0.25) is 0 Å². The van der Waals surface area contributed by atoms with Gasteiger partial charge >= 0.3 is 5.97 Å². The van der Waals surface area contributed by atoms with Gasteiger partial charge < -0.3 is 9.67 Å². The fourth-order valence-electron chi connectivity index (χ4n) is 2.29. The summed E-state index contributed by atoms with van der Waals surface area (Å²) >= 11 is 0. The highest BCUT2D eigenvalue weighted by Gasteiger charge is 2.09. The number of aromatic carboxylic acids is 1. The fourth-order valence-corrected chi connectivity index (χ4v) is 2.29. The Morgan fingerprint density at radius 2 is 1.70 bits per heavy atom. The molecule has 0 aliphatic carbocycles. The molecule has 0 fully saturated rings. The van der Waals surface area contributed by atoms with Gasteiger partial charge in [-0.05, 0) is 18.6 Å². The van der Waals surface area contributed by atoms with E-state index >= 15 is 0 Å². The molecule has 4 nitrogen and oxygen atoms in total. The lowest BCUT2D eigenvalue weighted by molar-refractivity contribution is 0.0694. The van der Waals surface area contributed by atoms with Gasteiger partial charge in [-0.1, -0.05) is 51.9 Å². The minimum atomic E-state index is -1.15. The number of pyridine rings is 1. The highest BCUT2D eigenvalue weighted by atomic mass is 16.4. The molecule has 0 unspecified atom stereocenters. The monoisotopic (exact) mass is 279 g/mol. The molecule has 0 saturated carbocycles. The zero-order chi connectivity index (χ0) is 14.8. The first kappa shape index (κ1) is 16.5. The third kappa shape index (κ3) is 5.59. The van der Waals surface area contributed by atoms with Gasteiger partial charge in [-0.2, -0.15) is 0 Å². The topological polar surface area (TPSA) is 59.3 Å². The van der Waals surface area contributed by atoms with Gasteiger partial charge in [-0.25, -0.2) is 4.79 Å². The summed E-state index contributed by atoms with van der Waals surface area (Å²) in [5.41, 5.74) is -0.546. The van der Waals surface area contributed by atoms with Crippen LogP contribution in [0.15, 0.2) is 23.1 Å². The maximum atomic E-state index is 11.8. The Morgan fingerprint density at radius 1 is 1.10 bits per heavy atom. The molecule has 1 N–H and O–H groups in total. The van der Waals surface area contributed by atoms with Crippen LogP contribution in [0.3, 0.4) is 0 Å². The summed E-state index contributed by atoms with van der Waals surface area (Å²) in [5, 5.41) is 8.89. The van der Waals surface area contributed by atoms with E-state index in [1.165, 1.54) is 49.2 Å².